The summed E-state index contributed by atoms with van der Waals surface area (Å²) in [5.41, 5.74) is 9.37. The van der Waals surface area contributed by atoms with Crippen molar-refractivity contribution in [3.63, 3.8) is 0 Å². The van der Waals surface area contributed by atoms with E-state index in [1.807, 2.05) is 28.8 Å². The smallest absolute Gasteiger partial charge is 0.344 e. The van der Waals surface area contributed by atoms with Gasteiger partial charge in [-0.2, -0.15) is 0 Å². The van der Waals surface area contributed by atoms with E-state index in [9.17, 15) is 4.79 Å². The standard InChI is InChI=1S/C20H26N4O2/c1-4-5-12-26-20(25)16-17-19(24(18(16)21)11-10-13(2)3)23-15-9-7-6-8-14(15)22-17/h6-9,13H,4-5,10-12,21H2,1-3H3. The van der Waals surface area contributed by atoms with Gasteiger partial charge in [-0.05, 0) is 30.9 Å². The fourth-order valence-electron chi connectivity index (χ4n) is 2.91. The Kier molecular flexibility index (Phi) is 5.40. The molecule has 0 bridgehead atoms. The third-order valence-electron chi connectivity index (χ3n) is 4.46. The number of hydrogen-bond donors (Lipinski definition) is 1. The minimum Gasteiger partial charge on any atom is -0.462 e. The second-order valence-electron chi connectivity index (χ2n) is 6.97. The van der Waals surface area contributed by atoms with Gasteiger partial charge in [0.1, 0.15) is 16.9 Å². The third-order valence-corrected chi connectivity index (χ3v) is 4.46. The predicted octanol–water partition coefficient (Wildman–Crippen LogP) is 4.17. The summed E-state index contributed by atoms with van der Waals surface area (Å²) in [6, 6.07) is 7.63. The van der Waals surface area contributed by atoms with Gasteiger partial charge >= 0.3 is 5.97 Å². The Morgan fingerprint density at radius 3 is 2.58 bits per heavy atom. The summed E-state index contributed by atoms with van der Waals surface area (Å²) in [6.45, 7) is 7.44. The molecule has 0 radical (unpaired) electrons. The molecule has 1 aromatic carbocycles. The van der Waals surface area contributed by atoms with E-state index in [-0.39, 0.29) is 0 Å². The van der Waals surface area contributed by atoms with E-state index in [1.165, 1.54) is 0 Å². The summed E-state index contributed by atoms with van der Waals surface area (Å²) < 4.78 is 7.30. The Hall–Kier alpha value is -2.63. The molecule has 0 amide bonds. The van der Waals surface area contributed by atoms with Crippen molar-refractivity contribution >= 4 is 34.0 Å². The second-order valence-corrected chi connectivity index (χ2v) is 6.97. The number of aryl methyl sites for hydroxylation is 1. The second kappa shape index (κ2) is 7.72. The number of ether oxygens (including phenoxy) is 1. The molecule has 3 rings (SSSR count). The highest BCUT2D eigenvalue weighted by atomic mass is 16.5. The van der Waals surface area contributed by atoms with Crippen LogP contribution in [0, 0.1) is 5.92 Å². The van der Waals surface area contributed by atoms with E-state index in [2.05, 4.69) is 25.8 Å². The molecule has 0 saturated carbocycles. The minimum atomic E-state index is -0.422. The predicted molar refractivity (Wildman–Crippen MR) is 104 cm³/mol. The normalized spacial score (nSPS) is 11.5. The lowest BCUT2D eigenvalue weighted by Crippen LogP contribution is -2.11. The molecule has 0 aliphatic rings. The van der Waals surface area contributed by atoms with Crippen molar-refractivity contribution in [2.45, 2.75) is 46.6 Å². The number of nitrogen functional groups attached to an aromatic ring is 1. The number of aromatic nitrogens is 3. The number of nitrogens with two attached hydrogens (primary N) is 1. The molecule has 138 valence electrons. The Balaban J connectivity index is 2.13. The number of carbonyl (C=O) groups excluding carboxylic acids is 1. The highest BCUT2D eigenvalue weighted by molar-refractivity contribution is 6.08. The van der Waals surface area contributed by atoms with E-state index in [1.54, 1.807) is 0 Å². The summed E-state index contributed by atoms with van der Waals surface area (Å²) in [5.74, 6) is 0.478. The van der Waals surface area contributed by atoms with Crippen molar-refractivity contribution in [1.82, 2.24) is 14.5 Å². The van der Waals surface area contributed by atoms with Crippen LogP contribution in [0.15, 0.2) is 24.3 Å². The first-order valence-corrected chi connectivity index (χ1v) is 9.24. The van der Waals surface area contributed by atoms with Crippen molar-refractivity contribution in [3.8, 4) is 0 Å². The summed E-state index contributed by atoms with van der Waals surface area (Å²) in [4.78, 5) is 22.1. The molecule has 26 heavy (non-hydrogen) atoms. The van der Waals surface area contributed by atoms with Gasteiger partial charge in [-0.1, -0.05) is 39.3 Å². The molecular formula is C20H26N4O2. The van der Waals surface area contributed by atoms with Crippen LogP contribution < -0.4 is 5.73 Å². The fraction of sp³-hybridized carbons (Fsp3) is 0.450. The van der Waals surface area contributed by atoms with Crippen LogP contribution in [0.4, 0.5) is 5.82 Å². The number of nitrogens with zero attached hydrogens (tertiary/aromatic N) is 3. The van der Waals surface area contributed by atoms with Gasteiger partial charge in [0.15, 0.2) is 5.65 Å². The highest BCUT2D eigenvalue weighted by Gasteiger charge is 2.25. The third kappa shape index (κ3) is 3.49. The van der Waals surface area contributed by atoms with Gasteiger partial charge in [0.05, 0.1) is 17.6 Å². The highest BCUT2D eigenvalue weighted by Crippen LogP contribution is 2.29. The molecular weight excluding hydrogens is 328 g/mol. The zero-order valence-electron chi connectivity index (χ0n) is 15.7. The van der Waals surface area contributed by atoms with Gasteiger partial charge in [-0.3, -0.25) is 0 Å². The average Bonchev–Trinajstić information content (AvgIpc) is 2.88. The van der Waals surface area contributed by atoms with Gasteiger partial charge in [-0.15, -0.1) is 0 Å². The van der Waals surface area contributed by atoms with Crippen LogP contribution in [-0.4, -0.2) is 27.1 Å². The number of esters is 1. The van der Waals surface area contributed by atoms with E-state index >= 15 is 0 Å². The minimum absolute atomic E-state index is 0.332. The van der Waals surface area contributed by atoms with E-state index in [4.69, 9.17) is 15.5 Å². The molecule has 6 heteroatoms. The first-order valence-electron chi connectivity index (χ1n) is 9.24. The van der Waals surface area contributed by atoms with Crippen LogP contribution in [0.1, 0.15) is 50.4 Å². The molecule has 6 nitrogen and oxygen atoms in total. The topological polar surface area (TPSA) is 83.0 Å². The molecule has 0 unspecified atom stereocenters. The molecule has 0 saturated heterocycles. The summed E-state index contributed by atoms with van der Waals surface area (Å²) >= 11 is 0. The molecule has 3 aromatic rings. The lowest BCUT2D eigenvalue weighted by molar-refractivity contribution is 0.0503. The number of unbranched alkanes of at least 4 members (excludes halogenated alkanes) is 1. The van der Waals surface area contributed by atoms with Crippen LogP contribution in [0.5, 0.6) is 0 Å². The van der Waals surface area contributed by atoms with Crippen molar-refractivity contribution < 1.29 is 9.53 Å². The average molecular weight is 354 g/mol. The quantitative estimate of drug-likeness (QED) is 0.508. The molecule has 2 aromatic heterocycles. The van der Waals surface area contributed by atoms with Crippen molar-refractivity contribution in [1.29, 1.82) is 0 Å². The largest absolute Gasteiger partial charge is 0.462 e. The van der Waals surface area contributed by atoms with Crippen molar-refractivity contribution in [2.24, 2.45) is 5.92 Å². The van der Waals surface area contributed by atoms with Crippen LogP contribution in [0.3, 0.4) is 0 Å². The maximum absolute atomic E-state index is 12.7. The molecule has 0 aliphatic heterocycles. The van der Waals surface area contributed by atoms with Gasteiger partial charge in [0, 0.05) is 6.54 Å². The molecule has 0 fully saturated rings. The number of rotatable bonds is 7. The SMILES string of the molecule is CCCCOC(=O)c1c(N)n(CCC(C)C)c2nc3ccccc3nc12. The fourth-order valence-corrected chi connectivity index (χ4v) is 2.91. The zero-order valence-corrected chi connectivity index (χ0v) is 15.7. The number of fused-ring (bicyclic) bond motifs is 2. The van der Waals surface area contributed by atoms with E-state index in [0.29, 0.717) is 41.6 Å². The van der Waals surface area contributed by atoms with Crippen LogP contribution in [0.2, 0.25) is 0 Å². The summed E-state index contributed by atoms with van der Waals surface area (Å²) in [7, 11) is 0. The molecule has 2 heterocycles. The molecule has 0 spiro atoms. The number of hydrogen-bond acceptors (Lipinski definition) is 5. The van der Waals surface area contributed by atoms with Crippen LogP contribution in [-0.2, 0) is 11.3 Å². The Labute approximate surface area is 153 Å². The number of benzene rings is 1. The first kappa shape index (κ1) is 18.2. The maximum Gasteiger partial charge on any atom is 0.344 e. The lowest BCUT2D eigenvalue weighted by atomic mass is 10.1. The van der Waals surface area contributed by atoms with Gasteiger partial charge in [-0.25, -0.2) is 14.8 Å². The summed E-state index contributed by atoms with van der Waals surface area (Å²) in [6.07, 6.45) is 2.72. The van der Waals surface area contributed by atoms with Crippen LogP contribution >= 0.6 is 0 Å². The zero-order chi connectivity index (χ0) is 18.7. The van der Waals surface area contributed by atoms with Crippen molar-refractivity contribution in [3.05, 3.63) is 29.8 Å². The van der Waals surface area contributed by atoms with E-state index in [0.717, 1.165) is 30.3 Å². The van der Waals surface area contributed by atoms with E-state index < -0.39 is 5.97 Å². The Bertz CT molecular complexity index is 930. The molecule has 0 atom stereocenters. The number of anilines is 1. The van der Waals surface area contributed by atoms with Crippen molar-refractivity contribution in [2.75, 3.05) is 12.3 Å². The summed E-state index contributed by atoms with van der Waals surface area (Å²) in [5, 5.41) is 0. The number of para-hydroxylation sites is 2. The Morgan fingerprint density at radius 2 is 1.92 bits per heavy atom. The molecule has 2 N–H and O–H groups in total. The van der Waals surface area contributed by atoms with Gasteiger partial charge < -0.3 is 15.0 Å². The Morgan fingerprint density at radius 1 is 1.23 bits per heavy atom. The maximum atomic E-state index is 12.7. The first-order chi connectivity index (χ1) is 12.5. The number of carbonyl (C=O) groups is 1. The monoisotopic (exact) mass is 354 g/mol. The molecule has 0 aliphatic carbocycles. The van der Waals surface area contributed by atoms with Gasteiger partial charge in [0.25, 0.3) is 0 Å². The van der Waals surface area contributed by atoms with Gasteiger partial charge in [0.2, 0.25) is 0 Å². The lowest BCUT2D eigenvalue weighted by Gasteiger charge is -2.09. The van der Waals surface area contributed by atoms with Crippen LogP contribution in [0.25, 0.3) is 22.2 Å².